The van der Waals surface area contributed by atoms with Crippen molar-refractivity contribution >= 4 is 32.7 Å². The van der Waals surface area contributed by atoms with Gasteiger partial charge in [0.05, 0.1) is 12.4 Å². The van der Waals surface area contributed by atoms with Crippen LogP contribution in [0, 0.1) is 0 Å². The lowest BCUT2D eigenvalue weighted by molar-refractivity contribution is 0.323. The van der Waals surface area contributed by atoms with E-state index in [1.54, 1.807) is 21.6 Å². The molecule has 0 aromatic heterocycles. The predicted octanol–water partition coefficient (Wildman–Crippen LogP) is 0.972. The molecular formula is C5H12O3S3. The van der Waals surface area contributed by atoms with E-state index in [9.17, 15) is 4.21 Å². The van der Waals surface area contributed by atoms with Crippen LogP contribution in [0.2, 0.25) is 0 Å². The second-order valence-electron chi connectivity index (χ2n) is 1.75. The highest BCUT2D eigenvalue weighted by atomic mass is 33.1. The van der Waals surface area contributed by atoms with E-state index in [1.807, 2.05) is 0 Å². The number of hydrogen-bond donors (Lipinski definition) is 2. The van der Waals surface area contributed by atoms with Gasteiger partial charge in [0.1, 0.15) is 0 Å². The third kappa shape index (κ3) is 10.8. The lowest BCUT2D eigenvalue weighted by Crippen LogP contribution is -1.95. The zero-order chi connectivity index (χ0) is 8.53. The van der Waals surface area contributed by atoms with E-state index in [1.165, 1.54) is 0 Å². The van der Waals surface area contributed by atoms with Crippen molar-refractivity contribution in [2.24, 2.45) is 0 Å². The molecule has 0 saturated carbocycles. The van der Waals surface area contributed by atoms with E-state index < -0.39 is 11.1 Å². The molecule has 0 aliphatic carbocycles. The fourth-order valence-corrected chi connectivity index (χ4v) is 2.83. The average Bonchev–Trinajstić information content (AvgIpc) is 1.96. The van der Waals surface area contributed by atoms with Crippen LogP contribution >= 0.6 is 21.6 Å². The summed E-state index contributed by atoms with van der Waals surface area (Å²) in [5.74, 6) is 1.95. The van der Waals surface area contributed by atoms with Gasteiger partial charge in [-0.25, -0.2) is 4.21 Å². The first-order valence-corrected chi connectivity index (χ1v) is 6.96. The van der Waals surface area contributed by atoms with Crippen LogP contribution < -0.4 is 0 Å². The summed E-state index contributed by atoms with van der Waals surface area (Å²) in [5, 5.41) is 8.39. The lowest BCUT2D eigenvalue weighted by atomic mass is 10.6. The maximum absolute atomic E-state index is 10.1. The fraction of sp³-hybridized carbons (Fsp3) is 1.00. The highest BCUT2D eigenvalue weighted by molar-refractivity contribution is 8.76. The number of hydrogen-bond acceptors (Lipinski definition) is 4. The zero-order valence-electron chi connectivity index (χ0n) is 6.06. The smallest absolute Gasteiger partial charge is 0.152 e. The Bertz CT molecular complexity index is 109. The topological polar surface area (TPSA) is 57.5 Å². The number of aliphatic hydroxyl groups is 1. The Hall–Kier alpha value is 0.770. The van der Waals surface area contributed by atoms with Crippen LogP contribution in [-0.2, 0) is 11.1 Å². The predicted molar refractivity (Wildman–Crippen MR) is 52.3 cm³/mol. The van der Waals surface area contributed by atoms with E-state index >= 15 is 0 Å². The Morgan fingerprint density at radius 2 is 1.91 bits per heavy atom. The Morgan fingerprint density at radius 1 is 1.27 bits per heavy atom. The van der Waals surface area contributed by atoms with Crippen LogP contribution in [0.25, 0.3) is 0 Å². The molecule has 0 saturated heterocycles. The summed E-state index contributed by atoms with van der Waals surface area (Å²) >= 11 is -1.64. The molecule has 0 bridgehead atoms. The van der Waals surface area contributed by atoms with Gasteiger partial charge in [0.2, 0.25) is 0 Å². The summed E-state index contributed by atoms with van der Waals surface area (Å²) in [7, 11) is 3.22. The average molecular weight is 216 g/mol. The SMILES string of the molecule is O=S(O)CCCSSCCO. The van der Waals surface area contributed by atoms with Crippen LogP contribution in [0.1, 0.15) is 6.42 Å². The molecule has 11 heavy (non-hydrogen) atoms. The summed E-state index contributed by atoms with van der Waals surface area (Å²) < 4.78 is 18.5. The molecule has 0 aromatic carbocycles. The van der Waals surface area contributed by atoms with Crippen molar-refractivity contribution in [3.63, 3.8) is 0 Å². The summed E-state index contributed by atoms with van der Waals surface area (Å²) in [6.07, 6.45) is 0.756. The molecule has 0 rings (SSSR count). The normalized spacial score (nSPS) is 13.3. The first-order chi connectivity index (χ1) is 5.27. The van der Waals surface area contributed by atoms with E-state index in [-0.39, 0.29) is 6.61 Å². The van der Waals surface area contributed by atoms with Gasteiger partial charge < -0.3 is 9.66 Å². The van der Waals surface area contributed by atoms with Crippen molar-refractivity contribution in [2.45, 2.75) is 6.42 Å². The first kappa shape index (κ1) is 11.8. The van der Waals surface area contributed by atoms with Gasteiger partial charge in [0.15, 0.2) is 11.1 Å². The van der Waals surface area contributed by atoms with Gasteiger partial charge in [-0.1, -0.05) is 21.6 Å². The molecule has 6 heteroatoms. The first-order valence-electron chi connectivity index (χ1n) is 3.20. The van der Waals surface area contributed by atoms with Crippen molar-refractivity contribution < 1.29 is 13.9 Å². The maximum atomic E-state index is 10.1. The van der Waals surface area contributed by atoms with Crippen molar-refractivity contribution in [3.8, 4) is 0 Å². The minimum absolute atomic E-state index is 0.198. The molecule has 0 aromatic rings. The minimum atomic E-state index is -1.64. The quantitative estimate of drug-likeness (QED) is 0.377. The van der Waals surface area contributed by atoms with Crippen LogP contribution in [0.3, 0.4) is 0 Å². The van der Waals surface area contributed by atoms with E-state index in [2.05, 4.69) is 0 Å². The molecule has 0 aliphatic rings. The summed E-state index contributed by atoms with van der Waals surface area (Å²) in [4.78, 5) is 0. The van der Waals surface area contributed by atoms with Crippen molar-refractivity contribution in [2.75, 3.05) is 23.9 Å². The Labute approximate surface area is 77.0 Å². The molecule has 0 spiro atoms. The second kappa shape index (κ2) is 8.86. The fourth-order valence-electron chi connectivity index (χ4n) is 0.396. The third-order valence-electron chi connectivity index (χ3n) is 0.805. The monoisotopic (exact) mass is 216 g/mol. The molecule has 1 unspecified atom stereocenters. The largest absolute Gasteiger partial charge is 0.395 e. The van der Waals surface area contributed by atoms with Crippen LogP contribution in [-0.4, -0.2) is 37.7 Å². The van der Waals surface area contributed by atoms with Gasteiger partial charge in [-0.15, -0.1) is 0 Å². The molecule has 1 atom stereocenters. The number of aliphatic hydroxyl groups excluding tert-OH is 1. The van der Waals surface area contributed by atoms with Gasteiger partial charge in [-0.2, -0.15) is 0 Å². The summed E-state index contributed by atoms with van der Waals surface area (Å²) in [6.45, 7) is 0.198. The lowest BCUT2D eigenvalue weighted by Gasteiger charge is -1.96. The van der Waals surface area contributed by atoms with Gasteiger partial charge in [0, 0.05) is 11.5 Å². The summed E-state index contributed by atoms with van der Waals surface area (Å²) in [6, 6.07) is 0. The van der Waals surface area contributed by atoms with Crippen molar-refractivity contribution in [1.29, 1.82) is 0 Å². The van der Waals surface area contributed by atoms with Crippen molar-refractivity contribution in [1.82, 2.24) is 0 Å². The highest BCUT2D eigenvalue weighted by Crippen LogP contribution is 2.20. The van der Waals surface area contributed by atoms with Gasteiger partial charge in [-0.05, 0) is 6.42 Å². The Kier molecular flexibility index (Phi) is 9.48. The molecule has 0 radical (unpaired) electrons. The molecule has 0 amide bonds. The molecule has 68 valence electrons. The summed E-state index contributed by atoms with van der Waals surface area (Å²) in [5.41, 5.74) is 0. The molecule has 2 N–H and O–H groups in total. The molecule has 0 aliphatic heterocycles. The third-order valence-corrected chi connectivity index (χ3v) is 3.91. The molecule has 0 heterocycles. The van der Waals surface area contributed by atoms with E-state index in [0.29, 0.717) is 5.75 Å². The van der Waals surface area contributed by atoms with E-state index in [4.69, 9.17) is 9.66 Å². The molecule has 0 fully saturated rings. The van der Waals surface area contributed by atoms with Crippen LogP contribution in [0.15, 0.2) is 0 Å². The standard InChI is InChI=1S/C5H12O3S3/c6-2-4-10-9-3-1-5-11(7)8/h6H,1-5H2,(H,7,8). The Balaban J connectivity index is 2.85. The molecular weight excluding hydrogens is 204 g/mol. The van der Waals surface area contributed by atoms with Gasteiger partial charge in [-0.3, -0.25) is 0 Å². The van der Waals surface area contributed by atoms with Crippen LogP contribution in [0.4, 0.5) is 0 Å². The zero-order valence-corrected chi connectivity index (χ0v) is 8.51. The Morgan fingerprint density at radius 3 is 2.45 bits per heavy atom. The second-order valence-corrected chi connectivity index (χ2v) is 5.50. The van der Waals surface area contributed by atoms with Gasteiger partial charge in [0.25, 0.3) is 0 Å². The maximum Gasteiger partial charge on any atom is 0.152 e. The van der Waals surface area contributed by atoms with Crippen LogP contribution in [0.5, 0.6) is 0 Å². The van der Waals surface area contributed by atoms with E-state index in [0.717, 1.165) is 17.9 Å². The number of rotatable bonds is 7. The van der Waals surface area contributed by atoms with Gasteiger partial charge >= 0.3 is 0 Å². The molecule has 3 nitrogen and oxygen atoms in total. The van der Waals surface area contributed by atoms with Crippen molar-refractivity contribution in [3.05, 3.63) is 0 Å². The minimum Gasteiger partial charge on any atom is -0.395 e. The highest BCUT2D eigenvalue weighted by Gasteiger charge is 1.94.